The maximum absolute atomic E-state index is 4.69. The van der Waals surface area contributed by atoms with Crippen LogP contribution in [-0.4, -0.2) is 17.1 Å². The van der Waals surface area contributed by atoms with Crippen LogP contribution in [0, 0.1) is 5.92 Å². The Balaban J connectivity index is 1.84. The van der Waals surface area contributed by atoms with E-state index in [0.29, 0.717) is 5.92 Å². The summed E-state index contributed by atoms with van der Waals surface area (Å²) < 4.78 is 1.30. The Kier molecular flexibility index (Phi) is 4.58. The summed E-state index contributed by atoms with van der Waals surface area (Å²) in [4.78, 5) is 4.69. The average Bonchev–Trinajstić information content (AvgIpc) is 2.75. The van der Waals surface area contributed by atoms with E-state index in [2.05, 4.69) is 57.3 Å². The van der Waals surface area contributed by atoms with Crippen LogP contribution in [0.2, 0.25) is 0 Å². The van der Waals surface area contributed by atoms with Crippen LogP contribution in [0.3, 0.4) is 0 Å². The van der Waals surface area contributed by atoms with Gasteiger partial charge < -0.3 is 5.32 Å². The van der Waals surface area contributed by atoms with Gasteiger partial charge in [-0.05, 0) is 58.2 Å². The van der Waals surface area contributed by atoms with Gasteiger partial charge in [0.05, 0.1) is 15.2 Å². The summed E-state index contributed by atoms with van der Waals surface area (Å²) in [6.07, 6.45) is 2.29. The van der Waals surface area contributed by atoms with Crippen LogP contribution < -0.4 is 5.32 Å². The standard InChI is InChI=1S/C16H24N2S/c1-12(11-17-16(2,3)4)9-10-15-18-13-7-5-6-8-14(13)19-15/h5-8,12,17H,9-11H2,1-4H3. The Morgan fingerprint density at radius 3 is 2.68 bits per heavy atom. The van der Waals surface area contributed by atoms with Crippen molar-refractivity contribution in [3.05, 3.63) is 29.3 Å². The second-order valence-corrected chi connectivity index (χ2v) is 7.47. The highest BCUT2D eigenvalue weighted by molar-refractivity contribution is 7.18. The first-order chi connectivity index (χ1) is 8.94. The van der Waals surface area contributed by atoms with Crippen molar-refractivity contribution in [2.75, 3.05) is 6.54 Å². The average molecular weight is 276 g/mol. The van der Waals surface area contributed by atoms with Crippen molar-refractivity contribution in [2.24, 2.45) is 5.92 Å². The number of thiazole rings is 1. The number of nitrogens with one attached hydrogen (secondary N) is 1. The van der Waals surface area contributed by atoms with Gasteiger partial charge in [-0.3, -0.25) is 0 Å². The molecule has 1 aromatic carbocycles. The minimum atomic E-state index is 0.212. The molecule has 104 valence electrons. The SMILES string of the molecule is CC(CCc1nc2ccccc2s1)CNC(C)(C)C. The van der Waals surface area contributed by atoms with E-state index in [4.69, 9.17) is 4.98 Å². The fourth-order valence-electron chi connectivity index (χ4n) is 1.98. The van der Waals surface area contributed by atoms with E-state index in [1.54, 1.807) is 0 Å². The summed E-state index contributed by atoms with van der Waals surface area (Å²) in [6.45, 7) is 10.0. The number of benzene rings is 1. The summed E-state index contributed by atoms with van der Waals surface area (Å²) in [6, 6.07) is 8.39. The van der Waals surface area contributed by atoms with Gasteiger partial charge in [0, 0.05) is 5.54 Å². The normalized spacial score (nSPS) is 13.9. The number of aryl methyl sites for hydroxylation is 1. The minimum Gasteiger partial charge on any atom is -0.312 e. The van der Waals surface area contributed by atoms with Crippen LogP contribution >= 0.6 is 11.3 Å². The lowest BCUT2D eigenvalue weighted by molar-refractivity contribution is 0.372. The molecule has 0 saturated carbocycles. The highest BCUT2D eigenvalue weighted by Gasteiger charge is 2.12. The molecule has 2 nitrogen and oxygen atoms in total. The number of nitrogens with zero attached hydrogens (tertiary/aromatic N) is 1. The topological polar surface area (TPSA) is 24.9 Å². The quantitative estimate of drug-likeness (QED) is 0.883. The fraction of sp³-hybridized carbons (Fsp3) is 0.562. The molecule has 1 N–H and O–H groups in total. The Morgan fingerprint density at radius 1 is 1.26 bits per heavy atom. The molecule has 2 aromatic rings. The van der Waals surface area contributed by atoms with E-state index in [-0.39, 0.29) is 5.54 Å². The molecule has 0 spiro atoms. The van der Waals surface area contributed by atoms with E-state index in [1.165, 1.54) is 16.1 Å². The van der Waals surface area contributed by atoms with Crippen molar-refractivity contribution in [3.63, 3.8) is 0 Å². The van der Waals surface area contributed by atoms with Crippen LogP contribution in [0.15, 0.2) is 24.3 Å². The minimum absolute atomic E-state index is 0.212. The predicted molar refractivity (Wildman–Crippen MR) is 84.9 cm³/mol. The lowest BCUT2D eigenvalue weighted by Crippen LogP contribution is -2.38. The summed E-state index contributed by atoms with van der Waals surface area (Å²) in [5.74, 6) is 0.686. The van der Waals surface area contributed by atoms with Gasteiger partial charge in [0.25, 0.3) is 0 Å². The van der Waals surface area contributed by atoms with Crippen LogP contribution in [0.1, 0.15) is 39.1 Å². The first-order valence-corrected chi connectivity index (χ1v) is 7.85. The number of hydrogen-bond acceptors (Lipinski definition) is 3. The number of para-hydroxylation sites is 1. The molecule has 0 aliphatic carbocycles. The highest BCUT2D eigenvalue weighted by Crippen LogP contribution is 2.23. The first kappa shape index (κ1) is 14.5. The van der Waals surface area contributed by atoms with Crippen LogP contribution in [0.25, 0.3) is 10.2 Å². The molecule has 1 unspecified atom stereocenters. The third-order valence-electron chi connectivity index (χ3n) is 3.17. The van der Waals surface area contributed by atoms with Gasteiger partial charge in [-0.15, -0.1) is 11.3 Å². The molecule has 0 aliphatic heterocycles. The van der Waals surface area contributed by atoms with Gasteiger partial charge in [0.1, 0.15) is 0 Å². The zero-order chi connectivity index (χ0) is 13.9. The Labute approximate surface area is 120 Å². The van der Waals surface area contributed by atoms with Gasteiger partial charge >= 0.3 is 0 Å². The molecular formula is C16H24N2S. The van der Waals surface area contributed by atoms with Crippen molar-refractivity contribution in [3.8, 4) is 0 Å². The highest BCUT2D eigenvalue weighted by atomic mass is 32.1. The molecule has 0 bridgehead atoms. The zero-order valence-electron chi connectivity index (χ0n) is 12.4. The van der Waals surface area contributed by atoms with Crippen LogP contribution in [0.4, 0.5) is 0 Å². The summed E-state index contributed by atoms with van der Waals surface area (Å²) in [5, 5.41) is 4.83. The largest absolute Gasteiger partial charge is 0.312 e. The number of rotatable bonds is 5. The van der Waals surface area contributed by atoms with E-state index < -0.39 is 0 Å². The second-order valence-electron chi connectivity index (χ2n) is 6.35. The Hall–Kier alpha value is -0.930. The van der Waals surface area contributed by atoms with E-state index in [1.807, 2.05) is 11.3 Å². The second kappa shape index (κ2) is 6.02. The van der Waals surface area contributed by atoms with Gasteiger partial charge in [-0.25, -0.2) is 4.98 Å². The monoisotopic (exact) mass is 276 g/mol. The van der Waals surface area contributed by atoms with Crippen LogP contribution in [-0.2, 0) is 6.42 Å². The van der Waals surface area contributed by atoms with Crippen molar-refractivity contribution in [2.45, 2.75) is 46.1 Å². The predicted octanol–water partition coefficient (Wildman–Crippen LogP) is 4.25. The maximum Gasteiger partial charge on any atom is 0.0938 e. The third-order valence-corrected chi connectivity index (χ3v) is 4.27. The molecule has 0 amide bonds. The van der Waals surface area contributed by atoms with Gasteiger partial charge in [-0.1, -0.05) is 19.1 Å². The molecule has 0 radical (unpaired) electrons. The third kappa shape index (κ3) is 4.59. The molecule has 19 heavy (non-hydrogen) atoms. The van der Waals surface area contributed by atoms with Crippen molar-refractivity contribution >= 4 is 21.6 Å². The molecule has 1 atom stereocenters. The molecule has 0 saturated heterocycles. The molecule has 1 heterocycles. The fourth-order valence-corrected chi connectivity index (χ4v) is 2.96. The van der Waals surface area contributed by atoms with E-state index in [9.17, 15) is 0 Å². The molecular weight excluding hydrogens is 252 g/mol. The van der Waals surface area contributed by atoms with E-state index in [0.717, 1.165) is 18.5 Å². The number of aromatic nitrogens is 1. The van der Waals surface area contributed by atoms with Crippen molar-refractivity contribution < 1.29 is 0 Å². The van der Waals surface area contributed by atoms with Gasteiger partial charge in [-0.2, -0.15) is 0 Å². The molecule has 2 rings (SSSR count). The summed E-state index contributed by atoms with van der Waals surface area (Å²) >= 11 is 1.83. The van der Waals surface area contributed by atoms with Crippen molar-refractivity contribution in [1.29, 1.82) is 0 Å². The zero-order valence-corrected chi connectivity index (χ0v) is 13.2. The summed E-state index contributed by atoms with van der Waals surface area (Å²) in [5.41, 5.74) is 1.35. The Morgan fingerprint density at radius 2 is 2.00 bits per heavy atom. The van der Waals surface area contributed by atoms with Gasteiger partial charge in [0.15, 0.2) is 0 Å². The smallest absolute Gasteiger partial charge is 0.0938 e. The first-order valence-electron chi connectivity index (χ1n) is 7.03. The van der Waals surface area contributed by atoms with Gasteiger partial charge in [0.2, 0.25) is 0 Å². The molecule has 3 heteroatoms. The lowest BCUT2D eigenvalue weighted by atomic mass is 10.0. The number of fused-ring (bicyclic) bond motifs is 1. The number of hydrogen-bond donors (Lipinski definition) is 1. The summed E-state index contributed by atoms with van der Waals surface area (Å²) in [7, 11) is 0. The van der Waals surface area contributed by atoms with Crippen LogP contribution in [0.5, 0.6) is 0 Å². The molecule has 0 aliphatic rings. The Bertz CT molecular complexity index is 492. The van der Waals surface area contributed by atoms with Crippen molar-refractivity contribution in [1.82, 2.24) is 10.3 Å². The van der Waals surface area contributed by atoms with E-state index >= 15 is 0 Å². The molecule has 1 aromatic heterocycles. The lowest BCUT2D eigenvalue weighted by Gasteiger charge is -2.23. The maximum atomic E-state index is 4.69. The molecule has 0 fully saturated rings.